The first kappa shape index (κ1) is 14.4. The number of anilines is 2. The molecule has 1 aromatic rings. The van der Waals surface area contributed by atoms with Gasteiger partial charge in [0.2, 0.25) is 0 Å². The lowest BCUT2D eigenvalue weighted by Crippen LogP contribution is -2.36. The van der Waals surface area contributed by atoms with Gasteiger partial charge in [-0.1, -0.05) is 0 Å². The van der Waals surface area contributed by atoms with E-state index in [0.717, 1.165) is 6.42 Å². The lowest BCUT2D eigenvalue weighted by atomic mass is 10.2. The summed E-state index contributed by atoms with van der Waals surface area (Å²) < 4.78 is 5.36. The molecule has 0 unspecified atom stereocenters. The van der Waals surface area contributed by atoms with Crippen molar-refractivity contribution in [2.45, 2.75) is 38.8 Å². The minimum Gasteiger partial charge on any atom is -0.444 e. The molecule has 0 spiro atoms. The third-order valence-corrected chi connectivity index (χ3v) is 3.02. The van der Waals surface area contributed by atoms with Crippen molar-refractivity contribution in [1.82, 2.24) is 9.88 Å². The number of carbonyl (C=O) groups is 1. The van der Waals surface area contributed by atoms with Gasteiger partial charge < -0.3 is 20.7 Å². The smallest absolute Gasteiger partial charge is 0.410 e. The summed E-state index contributed by atoms with van der Waals surface area (Å²) in [5.74, 6) is 0.670. The number of carbonyl (C=O) groups excluding carboxylic acids is 1. The fourth-order valence-corrected chi connectivity index (χ4v) is 2.10. The Hall–Kier alpha value is -1.98. The lowest BCUT2D eigenvalue weighted by molar-refractivity contribution is 0.0293. The third kappa shape index (κ3) is 3.76. The number of nitrogen functional groups attached to an aromatic ring is 1. The second-order valence-electron chi connectivity index (χ2n) is 6.00. The molecule has 20 heavy (non-hydrogen) atoms. The maximum absolute atomic E-state index is 12.0. The van der Waals surface area contributed by atoms with Gasteiger partial charge in [-0.3, -0.25) is 0 Å². The first-order valence-electron chi connectivity index (χ1n) is 6.80. The largest absolute Gasteiger partial charge is 0.444 e. The number of nitrogens with zero attached hydrogens (tertiary/aromatic N) is 2. The van der Waals surface area contributed by atoms with Gasteiger partial charge in [-0.25, -0.2) is 9.78 Å². The van der Waals surface area contributed by atoms with E-state index >= 15 is 0 Å². The van der Waals surface area contributed by atoms with Crippen molar-refractivity contribution >= 4 is 17.6 Å². The molecule has 0 radical (unpaired) electrons. The zero-order valence-electron chi connectivity index (χ0n) is 12.2. The normalized spacial score (nSPS) is 18.9. The summed E-state index contributed by atoms with van der Waals surface area (Å²) in [5, 5.41) is 3.27. The summed E-state index contributed by atoms with van der Waals surface area (Å²) >= 11 is 0. The Morgan fingerprint density at radius 2 is 2.30 bits per heavy atom. The standard InChI is InChI=1S/C14H22N4O2/c1-14(2,3)20-13(19)18-8-6-10(9-18)17-12-11(15)5-4-7-16-12/h4-5,7,10H,6,8-9,15H2,1-3H3,(H,16,17)/t10-/m1/s1. The van der Waals surface area contributed by atoms with E-state index in [4.69, 9.17) is 10.5 Å². The highest BCUT2D eigenvalue weighted by atomic mass is 16.6. The summed E-state index contributed by atoms with van der Waals surface area (Å²) in [6.07, 6.45) is 2.28. The summed E-state index contributed by atoms with van der Waals surface area (Å²) in [4.78, 5) is 17.9. The number of rotatable bonds is 2. The Bertz CT molecular complexity index is 484. The van der Waals surface area contributed by atoms with Crippen molar-refractivity contribution in [2.24, 2.45) is 0 Å². The number of aromatic nitrogens is 1. The SMILES string of the molecule is CC(C)(C)OC(=O)N1CC[C@@H](Nc2ncccc2N)C1. The molecule has 1 amide bonds. The molecule has 3 N–H and O–H groups in total. The van der Waals surface area contributed by atoms with Crippen LogP contribution in [0.4, 0.5) is 16.3 Å². The van der Waals surface area contributed by atoms with Gasteiger partial charge in [0.25, 0.3) is 0 Å². The van der Waals surface area contributed by atoms with Crippen molar-refractivity contribution in [3.05, 3.63) is 18.3 Å². The molecule has 1 fully saturated rings. The number of ether oxygens (including phenoxy) is 1. The van der Waals surface area contributed by atoms with Crippen molar-refractivity contribution in [1.29, 1.82) is 0 Å². The molecule has 0 aliphatic carbocycles. The second-order valence-corrected chi connectivity index (χ2v) is 6.00. The van der Waals surface area contributed by atoms with Crippen molar-refractivity contribution < 1.29 is 9.53 Å². The maximum atomic E-state index is 12.0. The van der Waals surface area contributed by atoms with E-state index in [0.29, 0.717) is 24.6 Å². The van der Waals surface area contributed by atoms with Crippen LogP contribution >= 0.6 is 0 Å². The van der Waals surface area contributed by atoms with Gasteiger partial charge in [-0.15, -0.1) is 0 Å². The molecule has 1 aliphatic rings. The minimum atomic E-state index is -0.464. The Morgan fingerprint density at radius 1 is 1.55 bits per heavy atom. The van der Waals surface area contributed by atoms with E-state index in [2.05, 4.69) is 10.3 Å². The van der Waals surface area contributed by atoms with Crippen molar-refractivity contribution in [2.75, 3.05) is 24.1 Å². The van der Waals surface area contributed by atoms with Gasteiger partial charge in [0.1, 0.15) is 11.4 Å². The van der Waals surface area contributed by atoms with Crippen LogP contribution in [0.25, 0.3) is 0 Å². The number of nitrogens with two attached hydrogens (primary N) is 1. The van der Waals surface area contributed by atoms with Crippen LogP contribution in [0.5, 0.6) is 0 Å². The maximum Gasteiger partial charge on any atom is 0.410 e. The highest BCUT2D eigenvalue weighted by Gasteiger charge is 2.30. The molecule has 0 bridgehead atoms. The van der Waals surface area contributed by atoms with E-state index in [1.807, 2.05) is 20.8 Å². The van der Waals surface area contributed by atoms with Gasteiger partial charge in [-0.05, 0) is 39.3 Å². The zero-order chi connectivity index (χ0) is 14.8. The zero-order valence-corrected chi connectivity index (χ0v) is 12.2. The van der Waals surface area contributed by atoms with E-state index in [9.17, 15) is 4.79 Å². The Labute approximate surface area is 119 Å². The molecular weight excluding hydrogens is 256 g/mol. The van der Waals surface area contributed by atoms with Crippen molar-refractivity contribution in [3.8, 4) is 0 Å². The highest BCUT2D eigenvalue weighted by molar-refractivity contribution is 5.69. The van der Waals surface area contributed by atoms with Crippen LogP contribution in [0.3, 0.4) is 0 Å². The molecular formula is C14H22N4O2. The van der Waals surface area contributed by atoms with Crippen LogP contribution in [0.15, 0.2) is 18.3 Å². The summed E-state index contributed by atoms with van der Waals surface area (Å²) in [5.41, 5.74) is 6.00. The molecule has 2 rings (SSSR count). The van der Waals surface area contributed by atoms with E-state index < -0.39 is 5.60 Å². The average Bonchev–Trinajstić information content (AvgIpc) is 2.79. The van der Waals surface area contributed by atoms with Gasteiger partial charge >= 0.3 is 6.09 Å². The molecule has 1 saturated heterocycles. The van der Waals surface area contributed by atoms with Gasteiger partial charge in [0.05, 0.1) is 5.69 Å². The second kappa shape index (κ2) is 5.56. The number of hydrogen-bond acceptors (Lipinski definition) is 5. The average molecular weight is 278 g/mol. The molecule has 1 aromatic heterocycles. The van der Waals surface area contributed by atoms with Crippen LogP contribution in [0, 0.1) is 0 Å². The first-order chi connectivity index (χ1) is 9.35. The van der Waals surface area contributed by atoms with Crippen LogP contribution in [-0.4, -0.2) is 40.7 Å². The number of hydrogen-bond donors (Lipinski definition) is 2. The number of likely N-dealkylation sites (tertiary alicyclic amines) is 1. The Balaban J connectivity index is 1.90. The number of nitrogens with one attached hydrogen (secondary N) is 1. The van der Waals surface area contributed by atoms with E-state index in [1.165, 1.54) is 0 Å². The molecule has 0 saturated carbocycles. The van der Waals surface area contributed by atoms with Crippen LogP contribution < -0.4 is 11.1 Å². The van der Waals surface area contributed by atoms with Crippen LogP contribution in [0.2, 0.25) is 0 Å². The topological polar surface area (TPSA) is 80.5 Å². The number of pyridine rings is 1. The molecule has 110 valence electrons. The Kier molecular flexibility index (Phi) is 4.01. The fourth-order valence-electron chi connectivity index (χ4n) is 2.10. The molecule has 1 aliphatic heterocycles. The fraction of sp³-hybridized carbons (Fsp3) is 0.571. The molecule has 2 heterocycles. The Morgan fingerprint density at radius 3 is 2.95 bits per heavy atom. The first-order valence-corrected chi connectivity index (χ1v) is 6.80. The molecule has 0 aromatic carbocycles. The lowest BCUT2D eigenvalue weighted by Gasteiger charge is -2.24. The predicted molar refractivity (Wildman–Crippen MR) is 78.5 cm³/mol. The van der Waals surface area contributed by atoms with Crippen molar-refractivity contribution in [3.63, 3.8) is 0 Å². The third-order valence-electron chi connectivity index (χ3n) is 3.02. The summed E-state index contributed by atoms with van der Waals surface area (Å²) in [7, 11) is 0. The monoisotopic (exact) mass is 278 g/mol. The van der Waals surface area contributed by atoms with Crippen LogP contribution in [-0.2, 0) is 4.74 Å². The summed E-state index contributed by atoms with van der Waals surface area (Å²) in [6.45, 7) is 6.88. The molecule has 1 atom stereocenters. The van der Waals surface area contributed by atoms with E-state index in [1.54, 1.807) is 23.2 Å². The van der Waals surface area contributed by atoms with Gasteiger partial charge in [0, 0.05) is 25.3 Å². The van der Waals surface area contributed by atoms with Crippen LogP contribution in [0.1, 0.15) is 27.2 Å². The van der Waals surface area contributed by atoms with Gasteiger partial charge in [0.15, 0.2) is 0 Å². The van der Waals surface area contributed by atoms with Gasteiger partial charge in [-0.2, -0.15) is 0 Å². The summed E-state index contributed by atoms with van der Waals surface area (Å²) in [6, 6.07) is 3.75. The molecule has 6 nitrogen and oxygen atoms in total. The minimum absolute atomic E-state index is 0.153. The number of amides is 1. The van der Waals surface area contributed by atoms with E-state index in [-0.39, 0.29) is 12.1 Å². The molecule has 6 heteroatoms. The predicted octanol–water partition coefficient (Wildman–Crippen LogP) is 2.09. The quantitative estimate of drug-likeness (QED) is 0.865. The highest BCUT2D eigenvalue weighted by Crippen LogP contribution is 2.20.